The lowest BCUT2D eigenvalue weighted by atomic mass is 10.1. The van der Waals surface area contributed by atoms with Crippen LogP contribution < -0.4 is 9.80 Å². The minimum absolute atomic E-state index is 0.226. The third-order valence-corrected chi connectivity index (χ3v) is 5.71. The van der Waals surface area contributed by atoms with Crippen molar-refractivity contribution in [2.45, 2.75) is 18.6 Å². The largest absolute Gasteiger partial charge is 0.416 e. The van der Waals surface area contributed by atoms with Crippen molar-refractivity contribution in [3.05, 3.63) is 59.9 Å². The lowest BCUT2D eigenvalue weighted by Crippen LogP contribution is -2.51. The smallest absolute Gasteiger partial charge is 0.370 e. The van der Waals surface area contributed by atoms with Gasteiger partial charge in [0.05, 0.1) is 5.56 Å². The molecule has 0 N–H and O–H groups in total. The van der Waals surface area contributed by atoms with E-state index in [-0.39, 0.29) is 5.82 Å². The van der Waals surface area contributed by atoms with Crippen LogP contribution in [0.15, 0.2) is 48.5 Å². The standard InChI is InChI=1S/C21H23F4N3/c22-17-4-2-6-19(14-17)28-8-7-20(15-28)27-11-9-26(10-12-27)18-5-1-3-16(13-18)21(23,24)25/h1-6,13-14,20H,7-12,15H2. The maximum absolute atomic E-state index is 13.5. The van der Waals surface area contributed by atoms with Gasteiger partial charge in [-0.15, -0.1) is 0 Å². The molecule has 0 bridgehead atoms. The summed E-state index contributed by atoms with van der Waals surface area (Å²) in [5.74, 6) is -0.226. The van der Waals surface area contributed by atoms with Gasteiger partial charge in [0.2, 0.25) is 0 Å². The minimum atomic E-state index is -4.32. The molecule has 0 spiro atoms. The summed E-state index contributed by atoms with van der Waals surface area (Å²) in [6.07, 6.45) is -3.30. The SMILES string of the molecule is Fc1cccc(N2CCC(N3CCN(c4cccc(C(F)(F)F)c4)CC3)C2)c1. The summed E-state index contributed by atoms with van der Waals surface area (Å²) in [5, 5.41) is 0. The summed E-state index contributed by atoms with van der Waals surface area (Å²) in [4.78, 5) is 6.63. The fourth-order valence-corrected chi connectivity index (χ4v) is 4.17. The van der Waals surface area contributed by atoms with Crippen LogP contribution in [0.2, 0.25) is 0 Å². The molecule has 2 aromatic rings. The van der Waals surface area contributed by atoms with Crippen molar-refractivity contribution in [1.29, 1.82) is 0 Å². The van der Waals surface area contributed by atoms with Crippen molar-refractivity contribution in [3.8, 4) is 0 Å². The average molecular weight is 393 g/mol. The van der Waals surface area contributed by atoms with E-state index >= 15 is 0 Å². The average Bonchev–Trinajstić information content (AvgIpc) is 3.18. The zero-order valence-electron chi connectivity index (χ0n) is 15.5. The highest BCUT2D eigenvalue weighted by Gasteiger charge is 2.32. The Morgan fingerprint density at radius 1 is 0.786 bits per heavy atom. The van der Waals surface area contributed by atoms with Crippen LogP contribution in [0, 0.1) is 5.82 Å². The number of piperazine rings is 1. The van der Waals surface area contributed by atoms with Gasteiger partial charge in [0, 0.05) is 56.7 Å². The Hall–Kier alpha value is -2.28. The number of halogens is 4. The summed E-state index contributed by atoms with van der Waals surface area (Å²) in [6.45, 7) is 4.79. The fourth-order valence-electron chi connectivity index (χ4n) is 4.17. The number of benzene rings is 2. The molecule has 0 saturated carbocycles. The maximum atomic E-state index is 13.5. The van der Waals surface area contributed by atoms with Crippen molar-refractivity contribution >= 4 is 11.4 Å². The first-order valence-corrected chi connectivity index (χ1v) is 9.57. The van der Waals surface area contributed by atoms with E-state index in [2.05, 4.69) is 9.80 Å². The van der Waals surface area contributed by atoms with Crippen molar-refractivity contribution in [2.24, 2.45) is 0 Å². The Morgan fingerprint density at radius 2 is 1.46 bits per heavy atom. The molecule has 2 heterocycles. The Labute approximate surface area is 162 Å². The molecule has 0 aliphatic carbocycles. The van der Waals surface area contributed by atoms with Gasteiger partial charge in [-0.2, -0.15) is 13.2 Å². The molecule has 3 nitrogen and oxygen atoms in total. The van der Waals surface area contributed by atoms with Crippen LogP contribution in [-0.4, -0.2) is 50.2 Å². The van der Waals surface area contributed by atoms with Crippen molar-refractivity contribution < 1.29 is 17.6 Å². The summed E-state index contributed by atoms with van der Waals surface area (Å²) in [5.41, 5.74) is 0.932. The summed E-state index contributed by atoms with van der Waals surface area (Å²) >= 11 is 0. The Balaban J connectivity index is 1.35. The molecular weight excluding hydrogens is 370 g/mol. The normalized spacial score (nSPS) is 21.4. The predicted molar refractivity (Wildman–Crippen MR) is 102 cm³/mol. The highest BCUT2D eigenvalue weighted by atomic mass is 19.4. The minimum Gasteiger partial charge on any atom is -0.370 e. The van der Waals surface area contributed by atoms with Gasteiger partial charge >= 0.3 is 6.18 Å². The second-order valence-electron chi connectivity index (χ2n) is 7.44. The second kappa shape index (κ2) is 7.62. The van der Waals surface area contributed by atoms with Gasteiger partial charge < -0.3 is 9.80 Å². The molecule has 150 valence electrons. The van der Waals surface area contributed by atoms with E-state index in [0.29, 0.717) is 24.8 Å². The quantitative estimate of drug-likeness (QED) is 0.722. The molecule has 0 radical (unpaired) electrons. The first kappa shape index (κ1) is 19.1. The number of hydrogen-bond donors (Lipinski definition) is 0. The molecule has 0 amide bonds. The maximum Gasteiger partial charge on any atom is 0.416 e. The number of anilines is 2. The molecule has 0 aromatic heterocycles. The lowest BCUT2D eigenvalue weighted by molar-refractivity contribution is -0.137. The summed E-state index contributed by atoms with van der Waals surface area (Å²) in [7, 11) is 0. The topological polar surface area (TPSA) is 9.72 Å². The van der Waals surface area contributed by atoms with Gasteiger partial charge in [-0.25, -0.2) is 4.39 Å². The van der Waals surface area contributed by atoms with E-state index in [9.17, 15) is 17.6 Å². The van der Waals surface area contributed by atoms with Gasteiger partial charge in [0.1, 0.15) is 5.82 Å². The van der Waals surface area contributed by atoms with E-state index in [1.54, 1.807) is 18.2 Å². The molecule has 4 rings (SSSR count). The predicted octanol–water partition coefficient (Wildman–Crippen LogP) is 4.25. The third-order valence-electron chi connectivity index (χ3n) is 5.71. The highest BCUT2D eigenvalue weighted by molar-refractivity contribution is 5.50. The van der Waals surface area contributed by atoms with Gasteiger partial charge in [-0.05, 0) is 42.8 Å². The molecule has 2 aliphatic heterocycles. The Kier molecular flexibility index (Phi) is 5.19. The molecule has 1 unspecified atom stereocenters. The lowest BCUT2D eigenvalue weighted by Gasteiger charge is -2.39. The van der Waals surface area contributed by atoms with Crippen LogP contribution in [0.1, 0.15) is 12.0 Å². The first-order valence-electron chi connectivity index (χ1n) is 9.57. The molecule has 2 aromatic carbocycles. The molecular formula is C21H23F4N3. The Bertz CT molecular complexity index is 815. The molecule has 1 atom stereocenters. The van der Waals surface area contributed by atoms with Gasteiger partial charge in [0.25, 0.3) is 0 Å². The summed E-state index contributed by atoms with van der Waals surface area (Å²) < 4.78 is 52.3. The van der Waals surface area contributed by atoms with E-state index in [4.69, 9.17) is 0 Å². The Morgan fingerprint density at radius 3 is 2.14 bits per heavy atom. The van der Waals surface area contributed by atoms with Crippen LogP contribution in [0.4, 0.5) is 28.9 Å². The van der Waals surface area contributed by atoms with Crippen LogP contribution in [-0.2, 0) is 6.18 Å². The number of rotatable bonds is 3. The van der Waals surface area contributed by atoms with E-state index in [1.165, 1.54) is 18.2 Å². The first-order chi connectivity index (χ1) is 13.4. The van der Waals surface area contributed by atoms with Crippen molar-refractivity contribution in [2.75, 3.05) is 49.1 Å². The van der Waals surface area contributed by atoms with Crippen LogP contribution in [0.5, 0.6) is 0 Å². The zero-order chi connectivity index (χ0) is 19.7. The second-order valence-corrected chi connectivity index (χ2v) is 7.44. The number of alkyl halides is 3. The van der Waals surface area contributed by atoms with Crippen molar-refractivity contribution in [1.82, 2.24) is 4.90 Å². The van der Waals surface area contributed by atoms with Crippen LogP contribution >= 0.6 is 0 Å². The molecule has 2 aliphatic rings. The van der Waals surface area contributed by atoms with Gasteiger partial charge in [-0.1, -0.05) is 12.1 Å². The molecule has 7 heteroatoms. The number of nitrogens with zero attached hydrogens (tertiary/aromatic N) is 3. The van der Waals surface area contributed by atoms with Crippen LogP contribution in [0.3, 0.4) is 0 Å². The molecule has 28 heavy (non-hydrogen) atoms. The number of hydrogen-bond acceptors (Lipinski definition) is 3. The van der Waals surface area contributed by atoms with E-state index < -0.39 is 11.7 Å². The van der Waals surface area contributed by atoms with Crippen LogP contribution in [0.25, 0.3) is 0 Å². The molecule has 2 fully saturated rings. The summed E-state index contributed by atoms with van der Waals surface area (Å²) in [6, 6.07) is 12.6. The highest BCUT2D eigenvalue weighted by Crippen LogP contribution is 2.32. The molecule has 2 saturated heterocycles. The van der Waals surface area contributed by atoms with Crippen molar-refractivity contribution in [3.63, 3.8) is 0 Å². The van der Waals surface area contributed by atoms with E-state index in [0.717, 1.165) is 44.4 Å². The van der Waals surface area contributed by atoms with Gasteiger partial charge in [0.15, 0.2) is 0 Å². The van der Waals surface area contributed by atoms with Gasteiger partial charge in [-0.3, -0.25) is 4.90 Å². The monoisotopic (exact) mass is 393 g/mol. The van der Waals surface area contributed by atoms with E-state index in [1.807, 2.05) is 11.0 Å². The third kappa shape index (κ3) is 4.09. The fraction of sp³-hybridized carbons (Fsp3) is 0.429. The zero-order valence-corrected chi connectivity index (χ0v) is 15.5.